The van der Waals surface area contributed by atoms with E-state index < -0.39 is 0 Å². The minimum atomic E-state index is -0.0110. The Labute approximate surface area is 184 Å². The number of benzene rings is 2. The molecule has 152 valence electrons. The van der Waals surface area contributed by atoms with Crippen molar-refractivity contribution in [3.8, 4) is 0 Å². The van der Waals surface area contributed by atoms with Gasteiger partial charge in [0.2, 0.25) is 0 Å². The zero-order valence-electron chi connectivity index (χ0n) is 18.6. The van der Waals surface area contributed by atoms with E-state index >= 15 is 0 Å². The molecule has 0 spiro atoms. The van der Waals surface area contributed by atoms with Crippen molar-refractivity contribution in [3.05, 3.63) is 118 Å². The van der Waals surface area contributed by atoms with Gasteiger partial charge in [-0.2, -0.15) is 0 Å². The summed E-state index contributed by atoms with van der Waals surface area (Å²) in [6.07, 6.45) is 14.2. The van der Waals surface area contributed by atoms with Crippen LogP contribution in [0.15, 0.2) is 95.4 Å². The molecule has 0 unspecified atom stereocenters. The third kappa shape index (κ3) is 2.91. The highest BCUT2D eigenvalue weighted by atomic mass is 14.9. The van der Waals surface area contributed by atoms with Crippen LogP contribution in [0.3, 0.4) is 0 Å². The Bertz CT molecular complexity index is 1230. The Morgan fingerprint density at radius 2 is 0.935 bits per heavy atom. The molecule has 2 aromatic rings. The van der Waals surface area contributed by atoms with E-state index in [1.807, 2.05) is 0 Å². The summed E-state index contributed by atoms with van der Waals surface area (Å²) in [5.74, 6) is 0. The molecule has 31 heavy (non-hydrogen) atoms. The second kappa shape index (κ2) is 6.11. The van der Waals surface area contributed by atoms with E-state index in [1.165, 1.54) is 55.9 Å². The molecule has 0 amide bonds. The van der Waals surface area contributed by atoms with Gasteiger partial charge in [-0.1, -0.05) is 101 Å². The number of allylic oxidation sites excluding steroid dienone is 6. The molecule has 0 heterocycles. The van der Waals surface area contributed by atoms with E-state index in [0.29, 0.717) is 0 Å². The maximum Gasteiger partial charge on any atom is 0.0432 e. The SMILES string of the molecule is CC1(C)C=C(NC2=CC(C)(C)C=C3C2=Cc2ccccc23)C2=Cc3ccccc3C2=C1. The van der Waals surface area contributed by atoms with Crippen molar-refractivity contribution in [2.24, 2.45) is 10.8 Å². The highest BCUT2D eigenvalue weighted by Crippen LogP contribution is 2.48. The molecule has 0 aliphatic heterocycles. The molecule has 0 aromatic heterocycles. The lowest BCUT2D eigenvalue weighted by atomic mass is 9.79. The van der Waals surface area contributed by atoms with Crippen LogP contribution in [0.5, 0.6) is 0 Å². The summed E-state index contributed by atoms with van der Waals surface area (Å²) in [5, 5.41) is 3.89. The number of hydrogen-bond donors (Lipinski definition) is 1. The zero-order chi connectivity index (χ0) is 21.4. The molecule has 0 saturated heterocycles. The van der Waals surface area contributed by atoms with Gasteiger partial charge in [-0.05, 0) is 45.6 Å². The Balaban J connectivity index is 1.43. The maximum atomic E-state index is 3.89. The molecule has 2 aromatic carbocycles. The molecule has 1 heteroatoms. The van der Waals surface area contributed by atoms with E-state index in [2.05, 4.69) is 118 Å². The van der Waals surface area contributed by atoms with E-state index in [-0.39, 0.29) is 10.8 Å². The lowest BCUT2D eigenvalue weighted by Crippen LogP contribution is -2.25. The van der Waals surface area contributed by atoms with Crippen molar-refractivity contribution in [3.63, 3.8) is 0 Å². The van der Waals surface area contributed by atoms with Crippen molar-refractivity contribution in [2.75, 3.05) is 0 Å². The normalized spacial score (nSPS) is 21.3. The Hall–Kier alpha value is -3.32. The van der Waals surface area contributed by atoms with Crippen LogP contribution in [-0.4, -0.2) is 0 Å². The van der Waals surface area contributed by atoms with Crippen LogP contribution in [-0.2, 0) is 0 Å². The fourth-order valence-corrected chi connectivity index (χ4v) is 5.33. The fraction of sp³-hybridized carbons (Fsp3) is 0.200. The molecule has 1 N–H and O–H groups in total. The molecule has 0 bridgehead atoms. The average molecular weight is 402 g/mol. The predicted octanol–water partition coefficient (Wildman–Crippen LogP) is 7.38. The van der Waals surface area contributed by atoms with E-state index in [4.69, 9.17) is 0 Å². The molecule has 6 rings (SSSR count). The largest absolute Gasteiger partial charge is 0.355 e. The minimum Gasteiger partial charge on any atom is -0.355 e. The second-order valence-corrected chi connectivity index (χ2v) is 10.3. The van der Waals surface area contributed by atoms with E-state index in [9.17, 15) is 0 Å². The fourth-order valence-electron chi connectivity index (χ4n) is 5.33. The quantitative estimate of drug-likeness (QED) is 0.553. The van der Waals surface area contributed by atoms with Crippen LogP contribution in [0.25, 0.3) is 23.3 Å². The summed E-state index contributed by atoms with van der Waals surface area (Å²) < 4.78 is 0. The number of hydrogen-bond acceptors (Lipinski definition) is 1. The van der Waals surface area contributed by atoms with Crippen LogP contribution in [0.1, 0.15) is 49.9 Å². The summed E-state index contributed by atoms with van der Waals surface area (Å²) in [6, 6.07) is 17.4. The summed E-state index contributed by atoms with van der Waals surface area (Å²) in [5.41, 5.74) is 13.0. The van der Waals surface area contributed by atoms with Crippen LogP contribution < -0.4 is 5.32 Å². The first kappa shape index (κ1) is 18.4. The molecule has 4 aliphatic rings. The highest BCUT2D eigenvalue weighted by Gasteiger charge is 2.33. The van der Waals surface area contributed by atoms with Gasteiger partial charge in [-0.3, -0.25) is 0 Å². The zero-order valence-corrected chi connectivity index (χ0v) is 18.6. The lowest BCUT2D eigenvalue weighted by molar-refractivity contribution is 0.604. The van der Waals surface area contributed by atoms with Crippen LogP contribution in [0.2, 0.25) is 0 Å². The van der Waals surface area contributed by atoms with Gasteiger partial charge in [0.1, 0.15) is 0 Å². The Morgan fingerprint density at radius 1 is 0.516 bits per heavy atom. The highest BCUT2D eigenvalue weighted by molar-refractivity contribution is 6.01. The van der Waals surface area contributed by atoms with Crippen molar-refractivity contribution < 1.29 is 0 Å². The van der Waals surface area contributed by atoms with Gasteiger partial charge in [0.25, 0.3) is 0 Å². The molecule has 0 radical (unpaired) electrons. The Kier molecular flexibility index (Phi) is 3.63. The molecular weight excluding hydrogens is 374 g/mol. The van der Waals surface area contributed by atoms with Gasteiger partial charge in [0.15, 0.2) is 0 Å². The number of rotatable bonds is 2. The predicted molar refractivity (Wildman–Crippen MR) is 132 cm³/mol. The van der Waals surface area contributed by atoms with Gasteiger partial charge in [0, 0.05) is 33.4 Å². The topological polar surface area (TPSA) is 12.0 Å². The van der Waals surface area contributed by atoms with Gasteiger partial charge in [0.05, 0.1) is 0 Å². The van der Waals surface area contributed by atoms with Crippen molar-refractivity contribution in [1.29, 1.82) is 0 Å². The van der Waals surface area contributed by atoms with Crippen LogP contribution >= 0.6 is 0 Å². The van der Waals surface area contributed by atoms with Crippen molar-refractivity contribution >= 4 is 23.3 Å². The van der Waals surface area contributed by atoms with Crippen molar-refractivity contribution in [1.82, 2.24) is 5.32 Å². The lowest BCUT2D eigenvalue weighted by Gasteiger charge is -2.32. The summed E-state index contributed by atoms with van der Waals surface area (Å²) in [4.78, 5) is 0. The van der Waals surface area contributed by atoms with E-state index in [1.54, 1.807) is 0 Å². The number of nitrogens with one attached hydrogen (secondary N) is 1. The maximum absolute atomic E-state index is 3.89. The first-order valence-corrected chi connectivity index (χ1v) is 11.1. The Morgan fingerprint density at radius 3 is 1.39 bits per heavy atom. The van der Waals surface area contributed by atoms with Crippen LogP contribution in [0.4, 0.5) is 0 Å². The first-order chi connectivity index (χ1) is 14.8. The summed E-state index contributed by atoms with van der Waals surface area (Å²) in [6.45, 7) is 9.15. The molecule has 4 aliphatic carbocycles. The minimum absolute atomic E-state index is 0.0110. The smallest absolute Gasteiger partial charge is 0.0432 e. The summed E-state index contributed by atoms with van der Waals surface area (Å²) in [7, 11) is 0. The van der Waals surface area contributed by atoms with E-state index in [0.717, 1.165) is 0 Å². The molecular formula is C30H27N. The first-order valence-electron chi connectivity index (χ1n) is 11.1. The molecule has 0 saturated carbocycles. The standard InChI is InChI=1S/C30H27N/c1-29(2)15-25-21-11-7-5-9-19(21)13-23(25)27(17-29)31-28-18-30(3,4)16-26-22-12-8-6-10-20(22)14-24(26)28/h5-18,31H,1-4H3. The number of fused-ring (bicyclic) bond motifs is 6. The molecule has 0 fully saturated rings. The second-order valence-electron chi connectivity index (χ2n) is 10.3. The molecule has 0 atom stereocenters. The third-order valence-corrected chi connectivity index (χ3v) is 6.60. The average Bonchev–Trinajstić information content (AvgIpc) is 3.25. The molecule has 1 nitrogen and oxygen atoms in total. The van der Waals surface area contributed by atoms with Gasteiger partial charge in [-0.15, -0.1) is 0 Å². The van der Waals surface area contributed by atoms with Crippen LogP contribution in [0, 0.1) is 10.8 Å². The third-order valence-electron chi connectivity index (χ3n) is 6.60. The summed E-state index contributed by atoms with van der Waals surface area (Å²) >= 11 is 0. The van der Waals surface area contributed by atoms with Gasteiger partial charge >= 0.3 is 0 Å². The van der Waals surface area contributed by atoms with Gasteiger partial charge in [-0.25, -0.2) is 0 Å². The monoisotopic (exact) mass is 401 g/mol. The van der Waals surface area contributed by atoms with Crippen molar-refractivity contribution in [2.45, 2.75) is 27.7 Å². The van der Waals surface area contributed by atoms with Gasteiger partial charge < -0.3 is 5.32 Å².